The summed E-state index contributed by atoms with van der Waals surface area (Å²) in [6.45, 7) is 7.90. The fraction of sp³-hybridized carbons (Fsp3) is 0.450. The highest BCUT2D eigenvalue weighted by atomic mass is 32.2. The van der Waals surface area contributed by atoms with Crippen LogP contribution in [0.1, 0.15) is 23.5 Å². The van der Waals surface area contributed by atoms with Gasteiger partial charge in [-0.05, 0) is 36.7 Å². The van der Waals surface area contributed by atoms with Crippen molar-refractivity contribution in [2.75, 3.05) is 56.5 Å². The lowest BCUT2D eigenvalue weighted by Gasteiger charge is -2.35. The van der Waals surface area contributed by atoms with Crippen molar-refractivity contribution in [3.63, 3.8) is 0 Å². The number of sulfonamides is 1. The molecule has 0 atom stereocenters. The number of carbonyl (C=O) groups is 1. The number of amides is 1. The molecule has 1 N–H and O–H groups in total. The number of hydrogen-bond acceptors (Lipinski definition) is 6. The predicted molar refractivity (Wildman–Crippen MR) is 119 cm³/mol. The van der Waals surface area contributed by atoms with Crippen LogP contribution < -0.4 is 10.2 Å². The zero-order valence-corrected chi connectivity index (χ0v) is 18.7. The summed E-state index contributed by atoms with van der Waals surface area (Å²) in [4.78, 5) is 17.9. The van der Waals surface area contributed by atoms with Gasteiger partial charge in [-0.1, -0.05) is 19.9 Å². The van der Waals surface area contributed by atoms with Crippen molar-refractivity contribution in [3.05, 3.63) is 40.6 Å². The number of rotatable bonds is 7. The van der Waals surface area contributed by atoms with Gasteiger partial charge in [0.05, 0.1) is 21.1 Å². The molecule has 0 bridgehead atoms. The Morgan fingerprint density at radius 2 is 1.83 bits per heavy atom. The quantitative estimate of drug-likeness (QED) is 0.723. The number of nitrogens with zero attached hydrogens (tertiary/aromatic N) is 3. The van der Waals surface area contributed by atoms with Crippen LogP contribution in [0.4, 0.5) is 11.4 Å². The molecule has 0 spiro atoms. The van der Waals surface area contributed by atoms with E-state index >= 15 is 0 Å². The highest BCUT2D eigenvalue weighted by Crippen LogP contribution is 2.31. The maximum atomic E-state index is 13.0. The minimum Gasteiger partial charge on any atom is -0.367 e. The second kappa shape index (κ2) is 9.25. The van der Waals surface area contributed by atoms with Crippen LogP contribution in [0.25, 0.3) is 0 Å². The van der Waals surface area contributed by atoms with Crippen molar-refractivity contribution in [2.24, 2.45) is 0 Å². The lowest BCUT2D eigenvalue weighted by atomic mass is 10.2. The molecule has 0 unspecified atom stereocenters. The Hall–Kier alpha value is -1.94. The summed E-state index contributed by atoms with van der Waals surface area (Å²) in [6.07, 6.45) is 0. The first-order valence-electron chi connectivity index (χ1n) is 9.79. The summed E-state index contributed by atoms with van der Waals surface area (Å²) in [5, 5.41) is 4.79. The number of carbonyl (C=O) groups excluding carboxylic acids is 1. The Bertz CT molecular complexity index is 933. The van der Waals surface area contributed by atoms with E-state index in [1.54, 1.807) is 18.2 Å². The molecule has 1 fully saturated rings. The van der Waals surface area contributed by atoms with E-state index in [2.05, 4.69) is 22.2 Å². The largest absolute Gasteiger partial charge is 0.367 e. The molecule has 1 saturated heterocycles. The molecular weight excluding hydrogens is 408 g/mol. The minimum absolute atomic E-state index is 0.195. The monoisotopic (exact) mass is 436 g/mol. The van der Waals surface area contributed by atoms with E-state index in [1.165, 1.54) is 15.6 Å². The number of anilines is 2. The van der Waals surface area contributed by atoms with Crippen LogP contribution in [0.2, 0.25) is 0 Å². The van der Waals surface area contributed by atoms with E-state index in [0.717, 1.165) is 31.9 Å². The third kappa shape index (κ3) is 4.80. The van der Waals surface area contributed by atoms with Crippen molar-refractivity contribution >= 4 is 38.6 Å². The molecule has 1 aliphatic rings. The number of thiophene rings is 1. The van der Waals surface area contributed by atoms with Crippen LogP contribution in [-0.4, -0.2) is 69.8 Å². The minimum atomic E-state index is -3.61. The van der Waals surface area contributed by atoms with Crippen molar-refractivity contribution in [1.29, 1.82) is 0 Å². The summed E-state index contributed by atoms with van der Waals surface area (Å²) in [6, 6.07) is 8.62. The van der Waals surface area contributed by atoms with Crippen molar-refractivity contribution in [3.8, 4) is 0 Å². The maximum absolute atomic E-state index is 13.0. The zero-order valence-electron chi connectivity index (χ0n) is 17.1. The molecule has 2 heterocycles. The number of hydrogen-bond donors (Lipinski definition) is 1. The van der Waals surface area contributed by atoms with Gasteiger partial charge in [0, 0.05) is 39.3 Å². The maximum Gasteiger partial charge on any atom is 0.265 e. The van der Waals surface area contributed by atoms with Gasteiger partial charge in [-0.2, -0.15) is 4.31 Å². The van der Waals surface area contributed by atoms with Crippen LogP contribution in [0.3, 0.4) is 0 Å². The Labute approximate surface area is 177 Å². The molecule has 1 aromatic carbocycles. The van der Waals surface area contributed by atoms with Crippen LogP contribution in [0, 0.1) is 0 Å². The van der Waals surface area contributed by atoms with Crippen molar-refractivity contribution in [2.45, 2.75) is 18.7 Å². The topological polar surface area (TPSA) is 73.0 Å². The van der Waals surface area contributed by atoms with E-state index in [1.807, 2.05) is 31.4 Å². The third-order valence-electron chi connectivity index (χ3n) is 5.15. The number of likely N-dealkylation sites (N-methyl/N-ethyl adjacent to an activating group) is 1. The average molecular weight is 437 g/mol. The molecule has 1 amide bonds. The highest BCUT2D eigenvalue weighted by molar-refractivity contribution is 7.89. The lowest BCUT2D eigenvalue weighted by Crippen LogP contribution is -2.44. The standard InChI is InChI=1S/C20H28N4O3S2/c1-4-24(5-2)29(26,27)16-8-9-18(23-12-10-22(3)11-13-23)17(15-16)21-20(25)19-7-6-14-28-19/h6-9,14-15H,4-5,10-13H2,1-3H3,(H,21,25). The Kier molecular flexibility index (Phi) is 6.94. The first-order chi connectivity index (χ1) is 13.9. The van der Waals surface area contributed by atoms with E-state index < -0.39 is 10.0 Å². The molecule has 7 nitrogen and oxygen atoms in total. The molecular formula is C20H28N4O3S2. The first kappa shape index (κ1) is 21.8. The van der Waals surface area contributed by atoms with Gasteiger partial charge < -0.3 is 15.1 Å². The molecule has 1 aliphatic heterocycles. The fourth-order valence-electron chi connectivity index (χ4n) is 3.40. The molecule has 2 aromatic rings. The van der Waals surface area contributed by atoms with Gasteiger partial charge in [0.1, 0.15) is 0 Å². The van der Waals surface area contributed by atoms with Gasteiger partial charge in [-0.25, -0.2) is 8.42 Å². The third-order valence-corrected chi connectivity index (χ3v) is 8.06. The van der Waals surface area contributed by atoms with Crippen LogP contribution in [0.5, 0.6) is 0 Å². The van der Waals surface area contributed by atoms with Gasteiger partial charge in [-0.3, -0.25) is 4.79 Å². The number of piperazine rings is 1. The molecule has 9 heteroatoms. The zero-order chi connectivity index (χ0) is 21.0. The second-order valence-corrected chi connectivity index (χ2v) is 9.88. The molecule has 1 aromatic heterocycles. The van der Waals surface area contributed by atoms with E-state index in [9.17, 15) is 13.2 Å². The Morgan fingerprint density at radius 3 is 2.41 bits per heavy atom. The van der Waals surface area contributed by atoms with E-state index in [0.29, 0.717) is 23.7 Å². The number of benzene rings is 1. The molecule has 0 radical (unpaired) electrons. The van der Waals surface area contributed by atoms with Crippen LogP contribution in [-0.2, 0) is 10.0 Å². The molecule has 3 rings (SSSR count). The highest BCUT2D eigenvalue weighted by Gasteiger charge is 2.25. The van der Waals surface area contributed by atoms with Gasteiger partial charge in [0.25, 0.3) is 5.91 Å². The first-order valence-corrected chi connectivity index (χ1v) is 12.1. The summed E-state index contributed by atoms with van der Waals surface area (Å²) in [7, 11) is -1.53. The normalized spacial score (nSPS) is 15.7. The van der Waals surface area contributed by atoms with Crippen LogP contribution in [0.15, 0.2) is 40.6 Å². The number of nitrogens with one attached hydrogen (secondary N) is 1. The molecule has 158 valence electrons. The van der Waals surface area contributed by atoms with Crippen LogP contribution >= 0.6 is 11.3 Å². The summed E-state index contributed by atoms with van der Waals surface area (Å²) in [5.74, 6) is -0.229. The van der Waals surface area contributed by atoms with Crippen molar-refractivity contribution in [1.82, 2.24) is 9.21 Å². The predicted octanol–water partition coefficient (Wildman–Crippen LogP) is 2.78. The SMILES string of the molecule is CCN(CC)S(=O)(=O)c1ccc(N2CCN(C)CC2)c(NC(=O)c2cccs2)c1. The van der Waals surface area contributed by atoms with Gasteiger partial charge >= 0.3 is 0 Å². The second-order valence-electron chi connectivity index (χ2n) is 6.99. The van der Waals surface area contributed by atoms with Crippen molar-refractivity contribution < 1.29 is 13.2 Å². The fourth-order valence-corrected chi connectivity index (χ4v) is 5.51. The Balaban J connectivity index is 1.99. The average Bonchev–Trinajstić information content (AvgIpc) is 3.24. The summed E-state index contributed by atoms with van der Waals surface area (Å²) in [5.41, 5.74) is 1.38. The van der Waals surface area contributed by atoms with E-state index in [-0.39, 0.29) is 10.8 Å². The van der Waals surface area contributed by atoms with E-state index in [4.69, 9.17) is 0 Å². The lowest BCUT2D eigenvalue weighted by molar-refractivity contribution is 0.103. The van der Waals surface area contributed by atoms with Gasteiger partial charge in [0.15, 0.2) is 0 Å². The Morgan fingerprint density at radius 1 is 1.14 bits per heavy atom. The molecule has 29 heavy (non-hydrogen) atoms. The molecule has 0 saturated carbocycles. The smallest absolute Gasteiger partial charge is 0.265 e. The molecule has 0 aliphatic carbocycles. The summed E-state index contributed by atoms with van der Waals surface area (Å²) < 4.78 is 27.4. The summed E-state index contributed by atoms with van der Waals surface area (Å²) >= 11 is 1.36. The van der Waals surface area contributed by atoms with Gasteiger partial charge in [0.2, 0.25) is 10.0 Å². The van der Waals surface area contributed by atoms with Gasteiger partial charge in [-0.15, -0.1) is 11.3 Å².